The average molecular weight is 213 g/mol. The lowest BCUT2D eigenvalue weighted by Crippen LogP contribution is -2.60. The summed E-state index contributed by atoms with van der Waals surface area (Å²) in [5.41, 5.74) is 5.08. The highest BCUT2D eigenvalue weighted by atomic mass is 32.1. The first-order chi connectivity index (χ1) is 6.61. The summed E-state index contributed by atoms with van der Waals surface area (Å²) >= 11 is 1.52. The van der Waals surface area contributed by atoms with Crippen LogP contribution in [0.25, 0.3) is 0 Å². The number of rotatable bonds is 3. The molecule has 0 saturated carbocycles. The maximum absolute atomic E-state index is 9.79. The number of nitrogens with two attached hydrogens (primary N) is 1. The zero-order valence-electron chi connectivity index (χ0n) is 8.23. The SMILES string of the molecule is CCC1(O)CN(Cc2cnc(N)s2)C1. The van der Waals surface area contributed by atoms with E-state index in [1.165, 1.54) is 16.2 Å². The van der Waals surface area contributed by atoms with Gasteiger partial charge < -0.3 is 10.8 Å². The molecule has 1 aliphatic rings. The molecule has 0 aliphatic carbocycles. The van der Waals surface area contributed by atoms with Crippen LogP contribution in [0.1, 0.15) is 18.2 Å². The molecule has 0 amide bonds. The van der Waals surface area contributed by atoms with E-state index in [0.717, 1.165) is 26.1 Å². The van der Waals surface area contributed by atoms with Gasteiger partial charge in [-0.15, -0.1) is 11.3 Å². The Balaban J connectivity index is 1.85. The number of nitrogens with zero attached hydrogens (tertiary/aromatic N) is 2. The molecule has 14 heavy (non-hydrogen) atoms. The van der Waals surface area contributed by atoms with Crippen LogP contribution in [0.15, 0.2) is 6.20 Å². The molecule has 1 aromatic rings. The van der Waals surface area contributed by atoms with Crippen LogP contribution < -0.4 is 5.73 Å². The first-order valence-corrected chi connectivity index (χ1v) is 5.58. The Hall–Kier alpha value is -0.650. The van der Waals surface area contributed by atoms with Gasteiger partial charge in [0, 0.05) is 30.7 Å². The molecule has 0 unspecified atom stereocenters. The van der Waals surface area contributed by atoms with Crippen molar-refractivity contribution in [2.24, 2.45) is 0 Å². The Kier molecular flexibility index (Phi) is 2.47. The number of nitrogen functional groups attached to an aromatic ring is 1. The van der Waals surface area contributed by atoms with Gasteiger partial charge in [0.15, 0.2) is 5.13 Å². The number of anilines is 1. The molecule has 1 fully saturated rings. The Morgan fingerprint density at radius 1 is 1.71 bits per heavy atom. The van der Waals surface area contributed by atoms with Crippen LogP contribution in [0.4, 0.5) is 5.13 Å². The molecule has 1 aromatic heterocycles. The largest absolute Gasteiger partial charge is 0.387 e. The maximum atomic E-state index is 9.79. The van der Waals surface area contributed by atoms with Gasteiger partial charge in [-0.2, -0.15) is 0 Å². The quantitative estimate of drug-likeness (QED) is 0.775. The van der Waals surface area contributed by atoms with Crippen LogP contribution in [0.5, 0.6) is 0 Å². The van der Waals surface area contributed by atoms with Gasteiger partial charge in [0.25, 0.3) is 0 Å². The molecule has 0 aromatic carbocycles. The fourth-order valence-corrected chi connectivity index (χ4v) is 2.46. The highest BCUT2D eigenvalue weighted by molar-refractivity contribution is 7.15. The summed E-state index contributed by atoms with van der Waals surface area (Å²) in [6, 6.07) is 0. The zero-order valence-corrected chi connectivity index (χ0v) is 9.05. The van der Waals surface area contributed by atoms with Crippen molar-refractivity contribution in [2.75, 3.05) is 18.8 Å². The fraction of sp³-hybridized carbons (Fsp3) is 0.667. The lowest BCUT2D eigenvalue weighted by Gasteiger charge is -2.45. The molecule has 78 valence electrons. The number of aliphatic hydroxyl groups is 1. The first-order valence-electron chi connectivity index (χ1n) is 4.76. The van der Waals surface area contributed by atoms with Gasteiger partial charge in [0.05, 0.1) is 5.60 Å². The van der Waals surface area contributed by atoms with E-state index in [4.69, 9.17) is 5.73 Å². The third kappa shape index (κ3) is 1.89. The predicted molar refractivity (Wildman–Crippen MR) is 57.0 cm³/mol. The van der Waals surface area contributed by atoms with Gasteiger partial charge in [-0.05, 0) is 6.42 Å². The summed E-state index contributed by atoms with van der Waals surface area (Å²) in [4.78, 5) is 7.36. The number of thiazole rings is 1. The second-order valence-corrected chi connectivity index (χ2v) is 5.03. The minimum atomic E-state index is -0.448. The fourth-order valence-electron chi connectivity index (χ4n) is 1.74. The van der Waals surface area contributed by atoms with Crippen molar-refractivity contribution in [3.63, 3.8) is 0 Å². The van der Waals surface area contributed by atoms with Crippen molar-refractivity contribution in [3.05, 3.63) is 11.1 Å². The number of aromatic nitrogens is 1. The van der Waals surface area contributed by atoms with E-state index in [0.29, 0.717) is 5.13 Å². The van der Waals surface area contributed by atoms with Crippen molar-refractivity contribution >= 4 is 16.5 Å². The van der Waals surface area contributed by atoms with Gasteiger partial charge in [-0.3, -0.25) is 4.90 Å². The van der Waals surface area contributed by atoms with Gasteiger partial charge in [0.1, 0.15) is 0 Å². The van der Waals surface area contributed by atoms with Crippen LogP contribution in [0.2, 0.25) is 0 Å². The topological polar surface area (TPSA) is 62.4 Å². The minimum absolute atomic E-state index is 0.448. The summed E-state index contributed by atoms with van der Waals surface area (Å²) in [6.07, 6.45) is 2.64. The standard InChI is InChI=1S/C9H15N3OS/c1-2-9(13)5-12(6-9)4-7-3-11-8(10)14-7/h3,13H,2,4-6H2,1H3,(H2,10,11). The predicted octanol–water partition coefficient (Wildman–Crippen LogP) is 0.682. The van der Waals surface area contributed by atoms with Crippen molar-refractivity contribution in [1.82, 2.24) is 9.88 Å². The normalized spacial score (nSPS) is 20.7. The number of hydrogen-bond donors (Lipinski definition) is 2. The first kappa shape index (κ1) is 9.89. The summed E-state index contributed by atoms with van der Waals surface area (Å²) in [5.74, 6) is 0. The van der Waals surface area contributed by atoms with Gasteiger partial charge in [0.2, 0.25) is 0 Å². The monoisotopic (exact) mass is 213 g/mol. The highest BCUT2D eigenvalue weighted by Crippen LogP contribution is 2.27. The zero-order chi connectivity index (χ0) is 10.2. The van der Waals surface area contributed by atoms with Crippen LogP contribution in [0, 0.1) is 0 Å². The van der Waals surface area contributed by atoms with E-state index in [9.17, 15) is 5.11 Å². The van der Waals surface area contributed by atoms with Crippen molar-refractivity contribution < 1.29 is 5.11 Å². The number of hydrogen-bond acceptors (Lipinski definition) is 5. The highest BCUT2D eigenvalue weighted by Gasteiger charge is 2.39. The molecule has 0 radical (unpaired) electrons. The Bertz CT molecular complexity index is 320. The molecule has 1 aliphatic heterocycles. The van der Waals surface area contributed by atoms with E-state index >= 15 is 0 Å². The lowest BCUT2D eigenvalue weighted by atomic mass is 9.91. The Morgan fingerprint density at radius 3 is 2.93 bits per heavy atom. The second kappa shape index (κ2) is 3.49. The van der Waals surface area contributed by atoms with Gasteiger partial charge >= 0.3 is 0 Å². The molecular formula is C9H15N3OS. The summed E-state index contributed by atoms with van der Waals surface area (Å²) in [5, 5.41) is 10.4. The molecular weight excluding hydrogens is 198 g/mol. The summed E-state index contributed by atoms with van der Waals surface area (Å²) in [6.45, 7) is 4.40. The lowest BCUT2D eigenvalue weighted by molar-refractivity contribution is -0.103. The molecule has 3 N–H and O–H groups in total. The summed E-state index contributed by atoms with van der Waals surface area (Å²) in [7, 11) is 0. The molecule has 0 atom stereocenters. The molecule has 0 bridgehead atoms. The Labute approximate surface area is 87.4 Å². The average Bonchev–Trinajstić information content (AvgIpc) is 2.48. The van der Waals surface area contributed by atoms with Crippen LogP contribution in [-0.2, 0) is 6.54 Å². The van der Waals surface area contributed by atoms with E-state index in [1.807, 2.05) is 13.1 Å². The van der Waals surface area contributed by atoms with Crippen molar-refractivity contribution in [3.8, 4) is 0 Å². The van der Waals surface area contributed by atoms with Crippen LogP contribution in [0.3, 0.4) is 0 Å². The van der Waals surface area contributed by atoms with E-state index < -0.39 is 5.60 Å². The van der Waals surface area contributed by atoms with Crippen LogP contribution in [-0.4, -0.2) is 33.7 Å². The maximum Gasteiger partial charge on any atom is 0.180 e. The molecule has 2 rings (SSSR count). The van der Waals surface area contributed by atoms with Crippen molar-refractivity contribution in [2.45, 2.75) is 25.5 Å². The van der Waals surface area contributed by atoms with Gasteiger partial charge in [-0.1, -0.05) is 6.92 Å². The molecule has 4 nitrogen and oxygen atoms in total. The third-order valence-corrected chi connectivity index (χ3v) is 3.46. The smallest absolute Gasteiger partial charge is 0.180 e. The number of likely N-dealkylation sites (tertiary alicyclic amines) is 1. The van der Waals surface area contributed by atoms with E-state index in [2.05, 4.69) is 9.88 Å². The van der Waals surface area contributed by atoms with Gasteiger partial charge in [-0.25, -0.2) is 4.98 Å². The van der Waals surface area contributed by atoms with Crippen molar-refractivity contribution in [1.29, 1.82) is 0 Å². The number of β-amino-alcohol motifs (C(OH)–C–C–N with tert-alkyl or cyclic N) is 1. The van der Waals surface area contributed by atoms with Crippen LogP contribution >= 0.6 is 11.3 Å². The summed E-state index contributed by atoms with van der Waals surface area (Å²) < 4.78 is 0. The molecule has 2 heterocycles. The molecule has 0 spiro atoms. The van der Waals surface area contributed by atoms with E-state index in [-0.39, 0.29) is 0 Å². The van der Waals surface area contributed by atoms with E-state index in [1.54, 1.807) is 0 Å². The molecule has 1 saturated heterocycles. The Morgan fingerprint density at radius 2 is 2.43 bits per heavy atom. The molecule has 5 heteroatoms. The minimum Gasteiger partial charge on any atom is -0.387 e. The second-order valence-electron chi connectivity index (χ2n) is 3.89. The third-order valence-electron chi connectivity index (χ3n) is 2.64.